The number of aliphatic imine (C=N–C) groups is 1. The van der Waals surface area contributed by atoms with Gasteiger partial charge in [0, 0.05) is 51.5 Å². The zero-order chi connectivity index (χ0) is 18.7. The minimum absolute atomic E-state index is 0. The smallest absolute Gasteiger partial charge is 0.354 e. The maximum absolute atomic E-state index is 12.6. The normalized spacial score (nSPS) is 17.7. The molecule has 1 aliphatic heterocycles. The van der Waals surface area contributed by atoms with Crippen LogP contribution in [-0.2, 0) is 23.6 Å². The highest BCUT2D eigenvalue weighted by molar-refractivity contribution is 14.0. The van der Waals surface area contributed by atoms with Crippen LogP contribution in [0, 0.1) is 0 Å². The van der Waals surface area contributed by atoms with Gasteiger partial charge in [0.05, 0.1) is 6.20 Å². The Labute approximate surface area is 167 Å². The lowest BCUT2D eigenvalue weighted by atomic mass is 10.1. The maximum atomic E-state index is 12.6. The number of guanidine groups is 1. The van der Waals surface area contributed by atoms with E-state index in [1.54, 1.807) is 25.0 Å². The molecule has 2 rings (SSSR count). The molecule has 0 spiro atoms. The van der Waals surface area contributed by atoms with Crippen molar-refractivity contribution in [3.8, 4) is 0 Å². The molecule has 0 atom stereocenters. The van der Waals surface area contributed by atoms with E-state index in [1.165, 1.54) is 0 Å². The Morgan fingerprint density at radius 2 is 2.00 bits per heavy atom. The number of hydrogen-bond acceptors (Lipinski definition) is 4. The zero-order valence-corrected chi connectivity index (χ0v) is 17.5. The quantitative estimate of drug-likeness (QED) is 0.359. The fraction of sp³-hybridized carbons (Fsp3) is 0.692. The number of rotatable bonds is 4. The summed E-state index contributed by atoms with van der Waals surface area (Å²) in [7, 11) is -1.86. The van der Waals surface area contributed by atoms with Gasteiger partial charge in [-0.2, -0.15) is 22.6 Å². The average molecular weight is 510 g/mol. The number of nitrogens with one attached hydrogen (secondary N) is 2. The van der Waals surface area contributed by atoms with Gasteiger partial charge in [0.1, 0.15) is 0 Å². The number of halogens is 4. The van der Waals surface area contributed by atoms with Crippen molar-refractivity contribution in [1.82, 2.24) is 24.7 Å². The third-order valence-electron chi connectivity index (χ3n) is 3.87. The number of nitrogens with zero attached hydrogens (tertiary/aromatic N) is 4. The van der Waals surface area contributed by atoms with E-state index in [2.05, 4.69) is 20.7 Å². The van der Waals surface area contributed by atoms with Crippen LogP contribution in [0.15, 0.2) is 17.4 Å². The number of piperidine rings is 1. The highest BCUT2D eigenvalue weighted by atomic mass is 127. The minimum Gasteiger partial charge on any atom is -0.354 e. The van der Waals surface area contributed by atoms with E-state index in [0.29, 0.717) is 16.8 Å². The van der Waals surface area contributed by atoms with Gasteiger partial charge in [0.15, 0.2) is 5.96 Å². The number of aromatic nitrogens is 2. The Bertz CT molecular complexity index is 714. The van der Waals surface area contributed by atoms with E-state index in [1.807, 2.05) is 6.20 Å². The van der Waals surface area contributed by atoms with Crippen molar-refractivity contribution in [3.63, 3.8) is 0 Å². The Balaban J connectivity index is 0.00000338. The molecule has 1 fully saturated rings. The van der Waals surface area contributed by atoms with Crippen LogP contribution < -0.4 is 10.6 Å². The van der Waals surface area contributed by atoms with E-state index < -0.39 is 15.5 Å². The second-order valence-electron chi connectivity index (χ2n) is 5.72. The zero-order valence-electron chi connectivity index (χ0n) is 14.3. The van der Waals surface area contributed by atoms with Crippen LogP contribution in [0.25, 0.3) is 0 Å². The topological polar surface area (TPSA) is 91.6 Å². The molecular formula is C13H22F3IN6O2S. The molecule has 2 heterocycles. The van der Waals surface area contributed by atoms with Crippen LogP contribution in [-0.4, -0.2) is 60.2 Å². The molecule has 0 aromatic carbocycles. The van der Waals surface area contributed by atoms with Gasteiger partial charge in [-0.3, -0.25) is 9.67 Å². The predicted octanol–water partition coefficient (Wildman–Crippen LogP) is 1.02. The lowest BCUT2D eigenvalue weighted by Crippen LogP contribution is -2.51. The lowest BCUT2D eigenvalue weighted by molar-refractivity contribution is -0.0494. The summed E-state index contributed by atoms with van der Waals surface area (Å²) in [6.07, 6.45) is 4.09. The summed E-state index contributed by atoms with van der Waals surface area (Å²) >= 11 is 0. The summed E-state index contributed by atoms with van der Waals surface area (Å²) in [4.78, 5) is 4.07. The first-order valence-electron chi connectivity index (χ1n) is 7.64. The van der Waals surface area contributed by atoms with Crippen molar-refractivity contribution in [2.24, 2.45) is 12.0 Å². The molecule has 150 valence electrons. The van der Waals surface area contributed by atoms with Crippen molar-refractivity contribution in [3.05, 3.63) is 18.0 Å². The number of hydrogen-bond donors (Lipinski definition) is 2. The maximum Gasteiger partial charge on any atom is 0.511 e. The van der Waals surface area contributed by atoms with E-state index in [0.717, 1.165) is 5.56 Å². The van der Waals surface area contributed by atoms with Crippen molar-refractivity contribution < 1.29 is 21.6 Å². The van der Waals surface area contributed by atoms with E-state index in [4.69, 9.17) is 0 Å². The Morgan fingerprint density at radius 3 is 2.46 bits per heavy atom. The highest BCUT2D eigenvalue weighted by Gasteiger charge is 2.50. The molecule has 8 nitrogen and oxygen atoms in total. The largest absolute Gasteiger partial charge is 0.511 e. The Kier molecular flexibility index (Phi) is 8.13. The van der Waals surface area contributed by atoms with Crippen LogP contribution in [0.1, 0.15) is 18.4 Å². The second kappa shape index (κ2) is 9.21. The standard InChI is InChI=1S/C13H21F3N6O2S.HI/c1-17-12(18-7-10-8-19-21(2)9-10)20-11-3-5-22(6-4-11)25(23,24)13(14,15)16;/h8-9,11H,3-7H2,1-2H3,(H2,17,18,20);1H. The van der Waals surface area contributed by atoms with Crippen LogP contribution in [0.4, 0.5) is 13.2 Å². The molecule has 13 heteroatoms. The number of alkyl halides is 3. The third kappa shape index (κ3) is 5.70. The first-order valence-corrected chi connectivity index (χ1v) is 9.08. The first-order chi connectivity index (χ1) is 11.6. The molecule has 0 radical (unpaired) electrons. The minimum atomic E-state index is -5.26. The SMILES string of the molecule is CN=C(NCc1cnn(C)c1)NC1CCN(S(=O)(=O)C(F)(F)F)CC1.I. The molecule has 1 aromatic heterocycles. The summed E-state index contributed by atoms with van der Waals surface area (Å²) in [6, 6.07) is -0.153. The van der Waals surface area contributed by atoms with Crippen molar-refractivity contribution >= 4 is 40.0 Å². The van der Waals surface area contributed by atoms with Gasteiger partial charge in [-0.25, -0.2) is 8.42 Å². The second-order valence-corrected chi connectivity index (χ2v) is 7.65. The third-order valence-corrected chi connectivity index (χ3v) is 5.50. The lowest BCUT2D eigenvalue weighted by Gasteiger charge is -2.32. The highest BCUT2D eigenvalue weighted by Crippen LogP contribution is 2.28. The van der Waals surface area contributed by atoms with Crippen molar-refractivity contribution in [2.45, 2.75) is 30.9 Å². The molecule has 0 saturated carbocycles. The van der Waals surface area contributed by atoms with Crippen LogP contribution in [0.3, 0.4) is 0 Å². The fourth-order valence-corrected chi connectivity index (χ4v) is 3.51. The fourth-order valence-electron chi connectivity index (χ4n) is 2.52. The Morgan fingerprint density at radius 1 is 1.38 bits per heavy atom. The molecule has 0 aliphatic carbocycles. The average Bonchev–Trinajstić information content (AvgIpc) is 2.96. The molecule has 1 aromatic rings. The van der Waals surface area contributed by atoms with Gasteiger partial charge < -0.3 is 10.6 Å². The van der Waals surface area contributed by atoms with E-state index in [-0.39, 0.29) is 55.9 Å². The monoisotopic (exact) mass is 510 g/mol. The molecule has 1 saturated heterocycles. The molecular weight excluding hydrogens is 488 g/mol. The van der Waals surface area contributed by atoms with Crippen LogP contribution in [0.2, 0.25) is 0 Å². The van der Waals surface area contributed by atoms with Crippen LogP contribution >= 0.6 is 24.0 Å². The van der Waals surface area contributed by atoms with Crippen LogP contribution in [0.5, 0.6) is 0 Å². The van der Waals surface area contributed by atoms with Gasteiger partial charge >= 0.3 is 15.5 Å². The van der Waals surface area contributed by atoms with Gasteiger partial charge in [0.25, 0.3) is 0 Å². The number of sulfonamides is 1. The Hall–Kier alpha value is -1.09. The molecule has 0 unspecified atom stereocenters. The van der Waals surface area contributed by atoms with Gasteiger partial charge in [0.2, 0.25) is 0 Å². The molecule has 0 bridgehead atoms. The summed E-state index contributed by atoms with van der Waals surface area (Å²) in [5, 5.41) is 10.2. The van der Waals surface area contributed by atoms with Crippen molar-refractivity contribution in [2.75, 3.05) is 20.1 Å². The summed E-state index contributed by atoms with van der Waals surface area (Å²) in [6.45, 7) is 0.132. The van der Waals surface area contributed by atoms with Gasteiger partial charge in [-0.05, 0) is 12.8 Å². The molecule has 0 amide bonds. The summed E-state index contributed by atoms with van der Waals surface area (Å²) in [5.41, 5.74) is -4.30. The predicted molar refractivity (Wildman–Crippen MR) is 102 cm³/mol. The summed E-state index contributed by atoms with van der Waals surface area (Å²) < 4.78 is 62.6. The van der Waals surface area contributed by atoms with E-state index in [9.17, 15) is 21.6 Å². The molecule has 26 heavy (non-hydrogen) atoms. The van der Waals surface area contributed by atoms with Gasteiger partial charge in [-0.1, -0.05) is 0 Å². The van der Waals surface area contributed by atoms with Gasteiger partial charge in [-0.15, -0.1) is 24.0 Å². The molecule has 1 aliphatic rings. The first kappa shape index (κ1) is 23.0. The number of aryl methyl sites for hydroxylation is 1. The van der Waals surface area contributed by atoms with Crippen molar-refractivity contribution in [1.29, 1.82) is 0 Å². The molecule has 2 N–H and O–H groups in total. The van der Waals surface area contributed by atoms with E-state index >= 15 is 0 Å². The summed E-state index contributed by atoms with van der Waals surface area (Å²) in [5.74, 6) is 0.501.